The molecule has 1 saturated heterocycles. The van der Waals surface area contributed by atoms with E-state index in [4.69, 9.17) is 0 Å². The number of benzene rings is 1. The molecule has 0 spiro atoms. The first-order chi connectivity index (χ1) is 15.3. The molecular formula is C22H22F3N5OS. The van der Waals surface area contributed by atoms with Gasteiger partial charge in [0.05, 0.1) is 11.8 Å². The molecule has 1 aliphatic rings. The summed E-state index contributed by atoms with van der Waals surface area (Å²) in [5.41, 5.74) is 0.681. The Morgan fingerprint density at radius 2 is 1.81 bits per heavy atom. The average molecular weight is 462 g/mol. The molecule has 6 nitrogen and oxygen atoms in total. The number of alkyl halides is 3. The molecule has 4 rings (SSSR count). The van der Waals surface area contributed by atoms with Crippen LogP contribution >= 0.6 is 11.3 Å². The molecule has 0 unspecified atom stereocenters. The van der Waals surface area contributed by atoms with Gasteiger partial charge >= 0.3 is 6.18 Å². The second kappa shape index (κ2) is 9.35. The van der Waals surface area contributed by atoms with E-state index in [2.05, 4.69) is 32.1 Å². The van der Waals surface area contributed by atoms with Gasteiger partial charge in [0.2, 0.25) is 0 Å². The number of thiazole rings is 1. The van der Waals surface area contributed by atoms with Crippen LogP contribution in [0.5, 0.6) is 0 Å². The number of nitrogens with zero attached hydrogens (tertiary/aromatic N) is 4. The van der Waals surface area contributed by atoms with Crippen molar-refractivity contribution >= 4 is 22.2 Å². The van der Waals surface area contributed by atoms with Crippen LogP contribution in [-0.2, 0) is 12.7 Å². The number of amides is 1. The fourth-order valence-corrected chi connectivity index (χ4v) is 4.32. The molecule has 0 atom stereocenters. The van der Waals surface area contributed by atoms with E-state index in [0.717, 1.165) is 55.8 Å². The summed E-state index contributed by atoms with van der Waals surface area (Å²) in [5.74, 6) is -0.336. The molecule has 1 N–H and O–H groups in total. The number of hydrogen-bond acceptors (Lipinski definition) is 6. The lowest BCUT2D eigenvalue weighted by atomic mass is 10.1. The van der Waals surface area contributed by atoms with E-state index in [1.807, 2.05) is 12.1 Å². The number of pyridine rings is 1. The van der Waals surface area contributed by atoms with Crippen molar-refractivity contribution in [2.24, 2.45) is 0 Å². The molecule has 0 bridgehead atoms. The van der Waals surface area contributed by atoms with E-state index in [1.54, 1.807) is 12.1 Å². The third-order valence-electron chi connectivity index (χ3n) is 5.32. The third-order valence-corrected chi connectivity index (χ3v) is 6.26. The van der Waals surface area contributed by atoms with Gasteiger partial charge in [-0.1, -0.05) is 23.5 Å². The van der Waals surface area contributed by atoms with Gasteiger partial charge in [-0.2, -0.15) is 13.2 Å². The molecule has 2 aromatic heterocycles. The molecule has 168 valence electrons. The Kier molecular flexibility index (Phi) is 6.54. The van der Waals surface area contributed by atoms with Crippen LogP contribution in [0.4, 0.5) is 18.2 Å². The SMILES string of the molecule is CN1CCN(Cc2ccc(C(=O)Nc3cnc(-c4ccncc4C(F)(F)F)s3)cc2)CC1. The van der Waals surface area contributed by atoms with Crippen LogP contribution in [0.1, 0.15) is 21.5 Å². The Hall–Kier alpha value is -2.82. The van der Waals surface area contributed by atoms with Gasteiger partial charge in [0.25, 0.3) is 5.91 Å². The molecule has 0 aliphatic carbocycles. The topological polar surface area (TPSA) is 61.4 Å². The molecule has 32 heavy (non-hydrogen) atoms. The molecule has 1 fully saturated rings. The molecule has 1 aromatic carbocycles. The third kappa shape index (κ3) is 5.32. The number of carbonyl (C=O) groups excluding carboxylic acids is 1. The molecule has 3 heterocycles. The predicted octanol–water partition coefficient (Wildman–Crippen LogP) is 4.22. The van der Waals surface area contributed by atoms with Crippen molar-refractivity contribution in [2.75, 3.05) is 38.5 Å². The Morgan fingerprint density at radius 3 is 2.50 bits per heavy atom. The summed E-state index contributed by atoms with van der Waals surface area (Å²) in [6.45, 7) is 4.95. The Bertz CT molecular complexity index is 1080. The van der Waals surface area contributed by atoms with Gasteiger partial charge in [-0.05, 0) is 30.8 Å². The number of halogens is 3. The van der Waals surface area contributed by atoms with Gasteiger partial charge in [0, 0.05) is 56.2 Å². The molecule has 3 aromatic rings. The number of carbonyl (C=O) groups is 1. The van der Waals surface area contributed by atoms with Gasteiger partial charge in [-0.3, -0.25) is 14.7 Å². The van der Waals surface area contributed by atoms with Crippen LogP contribution < -0.4 is 5.32 Å². The van der Waals surface area contributed by atoms with Crippen molar-refractivity contribution in [3.8, 4) is 10.6 Å². The second-order valence-corrected chi connectivity index (χ2v) is 8.71. The van der Waals surface area contributed by atoms with E-state index in [9.17, 15) is 18.0 Å². The summed E-state index contributed by atoms with van der Waals surface area (Å²) < 4.78 is 39.7. The smallest absolute Gasteiger partial charge is 0.312 e. The fourth-order valence-electron chi connectivity index (χ4n) is 3.47. The first-order valence-corrected chi connectivity index (χ1v) is 10.9. The van der Waals surface area contributed by atoms with Crippen molar-refractivity contribution in [3.63, 3.8) is 0 Å². The van der Waals surface area contributed by atoms with Crippen molar-refractivity contribution in [1.82, 2.24) is 19.8 Å². The van der Waals surface area contributed by atoms with Crippen molar-refractivity contribution in [2.45, 2.75) is 12.7 Å². The maximum atomic E-state index is 13.2. The minimum atomic E-state index is -4.54. The van der Waals surface area contributed by atoms with Crippen molar-refractivity contribution in [3.05, 3.63) is 65.6 Å². The lowest BCUT2D eigenvalue weighted by Crippen LogP contribution is -2.43. The largest absolute Gasteiger partial charge is 0.418 e. The molecule has 1 aliphatic heterocycles. The zero-order valence-corrected chi connectivity index (χ0v) is 18.2. The van der Waals surface area contributed by atoms with Crippen LogP contribution in [0.25, 0.3) is 10.6 Å². The number of aromatic nitrogens is 2. The quantitative estimate of drug-likeness (QED) is 0.617. The number of anilines is 1. The summed E-state index contributed by atoms with van der Waals surface area (Å²) in [6.07, 6.45) is -1.11. The number of hydrogen-bond donors (Lipinski definition) is 1. The monoisotopic (exact) mass is 461 g/mol. The number of likely N-dealkylation sites (N-methyl/N-ethyl adjacent to an activating group) is 1. The molecular weight excluding hydrogens is 439 g/mol. The Labute approximate surface area is 187 Å². The van der Waals surface area contributed by atoms with Gasteiger partial charge in [0.15, 0.2) is 0 Å². The van der Waals surface area contributed by atoms with Crippen molar-refractivity contribution in [1.29, 1.82) is 0 Å². The highest BCUT2D eigenvalue weighted by Crippen LogP contribution is 2.38. The first-order valence-electron chi connectivity index (χ1n) is 10.1. The summed E-state index contributed by atoms with van der Waals surface area (Å²) in [6, 6.07) is 8.64. The number of rotatable bonds is 5. The van der Waals surface area contributed by atoms with Crippen LogP contribution in [0.2, 0.25) is 0 Å². The van der Waals surface area contributed by atoms with E-state index >= 15 is 0 Å². The summed E-state index contributed by atoms with van der Waals surface area (Å²) in [7, 11) is 2.11. The summed E-state index contributed by atoms with van der Waals surface area (Å²) in [4.78, 5) is 24.9. The van der Waals surface area contributed by atoms with E-state index in [0.29, 0.717) is 10.6 Å². The Morgan fingerprint density at radius 1 is 1.09 bits per heavy atom. The number of nitrogens with one attached hydrogen (secondary N) is 1. The molecule has 1 amide bonds. The zero-order valence-electron chi connectivity index (χ0n) is 17.4. The van der Waals surface area contributed by atoms with Gasteiger partial charge in [-0.15, -0.1) is 0 Å². The minimum Gasteiger partial charge on any atom is -0.312 e. The van der Waals surface area contributed by atoms with E-state index in [1.165, 1.54) is 18.5 Å². The first kappa shape index (κ1) is 22.4. The van der Waals surface area contributed by atoms with Gasteiger partial charge in [0.1, 0.15) is 10.0 Å². The average Bonchev–Trinajstić information content (AvgIpc) is 3.23. The van der Waals surface area contributed by atoms with E-state index in [-0.39, 0.29) is 16.5 Å². The summed E-state index contributed by atoms with van der Waals surface area (Å²) in [5, 5.41) is 3.25. The highest BCUT2D eigenvalue weighted by molar-refractivity contribution is 7.19. The van der Waals surface area contributed by atoms with Crippen LogP contribution in [0.3, 0.4) is 0 Å². The molecule has 10 heteroatoms. The lowest BCUT2D eigenvalue weighted by Gasteiger charge is -2.32. The highest BCUT2D eigenvalue weighted by Gasteiger charge is 2.34. The Balaban J connectivity index is 1.41. The maximum absolute atomic E-state index is 13.2. The minimum absolute atomic E-state index is 0.0636. The lowest BCUT2D eigenvalue weighted by molar-refractivity contribution is -0.137. The van der Waals surface area contributed by atoms with Gasteiger partial charge < -0.3 is 10.2 Å². The highest BCUT2D eigenvalue weighted by atomic mass is 32.1. The normalized spacial score (nSPS) is 15.6. The second-order valence-electron chi connectivity index (χ2n) is 7.68. The predicted molar refractivity (Wildman–Crippen MR) is 118 cm³/mol. The van der Waals surface area contributed by atoms with Crippen LogP contribution in [0, 0.1) is 0 Å². The summed E-state index contributed by atoms with van der Waals surface area (Å²) >= 11 is 0.984. The number of piperazine rings is 1. The van der Waals surface area contributed by atoms with Gasteiger partial charge in [-0.25, -0.2) is 4.98 Å². The zero-order chi connectivity index (χ0) is 22.7. The fraction of sp³-hybridized carbons (Fsp3) is 0.318. The van der Waals surface area contributed by atoms with Crippen molar-refractivity contribution < 1.29 is 18.0 Å². The standard InChI is InChI=1S/C22H22F3N5OS/c1-29-8-10-30(11-9-29)14-15-2-4-16(5-3-15)20(31)28-19-13-27-21(32-19)17-6-7-26-12-18(17)22(23,24)25/h2-7,12-13H,8-11,14H2,1H3,(H,28,31). The van der Waals surface area contributed by atoms with Crippen LogP contribution in [-0.4, -0.2) is 58.9 Å². The van der Waals surface area contributed by atoms with E-state index < -0.39 is 11.7 Å². The maximum Gasteiger partial charge on any atom is 0.418 e. The van der Waals surface area contributed by atoms with Crippen LogP contribution in [0.15, 0.2) is 48.9 Å². The molecule has 0 saturated carbocycles. The molecule has 0 radical (unpaired) electrons.